The van der Waals surface area contributed by atoms with Crippen molar-refractivity contribution >= 4 is 29.7 Å². The van der Waals surface area contributed by atoms with Crippen molar-refractivity contribution in [1.82, 2.24) is 20.2 Å². The number of carbonyl (C=O) groups excluding carboxylic acids is 4. The van der Waals surface area contributed by atoms with Crippen molar-refractivity contribution in [2.45, 2.75) is 77.8 Å². The van der Waals surface area contributed by atoms with Crippen molar-refractivity contribution < 1.29 is 47.0 Å². The maximum absolute atomic E-state index is 14.8. The van der Waals surface area contributed by atoms with Crippen LogP contribution in [-0.2, 0) is 25.5 Å². The van der Waals surface area contributed by atoms with E-state index in [9.17, 15) is 28.7 Å². The highest BCUT2D eigenvalue weighted by Crippen LogP contribution is 2.26. The maximum Gasteiger partial charge on any atom is 0.412 e. The van der Waals surface area contributed by atoms with Crippen LogP contribution in [0.2, 0.25) is 0 Å². The number of aliphatic hydroxyl groups is 1. The first-order valence-corrected chi connectivity index (χ1v) is 15.8. The average molecular weight is 672 g/mol. The minimum atomic E-state index is -1.50. The summed E-state index contributed by atoms with van der Waals surface area (Å²) in [5, 5.41) is 15.5. The molecule has 1 saturated heterocycles. The van der Waals surface area contributed by atoms with E-state index >= 15 is 0 Å². The predicted molar refractivity (Wildman–Crippen MR) is 169 cm³/mol. The van der Waals surface area contributed by atoms with Gasteiger partial charge in [-0.15, -0.1) is 0 Å². The van der Waals surface area contributed by atoms with Crippen LogP contribution >= 0.6 is 0 Å². The van der Waals surface area contributed by atoms with Crippen LogP contribution in [0.3, 0.4) is 0 Å². The predicted octanol–water partition coefficient (Wildman–Crippen LogP) is 3.83. The van der Waals surface area contributed by atoms with Gasteiger partial charge in [-0.2, -0.15) is 4.98 Å². The van der Waals surface area contributed by atoms with Crippen molar-refractivity contribution in [3.63, 3.8) is 0 Å². The van der Waals surface area contributed by atoms with E-state index in [1.807, 2.05) is 0 Å². The molecule has 4 rings (SSSR count). The fourth-order valence-corrected chi connectivity index (χ4v) is 5.50. The Kier molecular flexibility index (Phi) is 12.7. The molecule has 2 aliphatic heterocycles. The Morgan fingerprint density at radius 3 is 2.75 bits per heavy atom. The van der Waals surface area contributed by atoms with Crippen LogP contribution in [0.4, 0.5) is 15.0 Å². The highest BCUT2D eigenvalue weighted by atomic mass is 19.1. The van der Waals surface area contributed by atoms with Crippen LogP contribution in [0.1, 0.15) is 62.3 Å². The number of aliphatic hydroxyl groups excluding tert-OH is 1. The Morgan fingerprint density at radius 1 is 1.21 bits per heavy atom. The fourth-order valence-electron chi connectivity index (χ4n) is 5.50. The number of fused-ring (bicyclic) bond motifs is 3. The summed E-state index contributed by atoms with van der Waals surface area (Å²) in [7, 11) is 0. The quantitative estimate of drug-likeness (QED) is 0.401. The zero-order chi connectivity index (χ0) is 34.8. The molecule has 4 heterocycles. The summed E-state index contributed by atoms with van der Waals surface area (Å²) < 4.78 is 36.6. The number of nitrogens with zero attached hydrogens (tertiary/aromatic N) is 3. The van der Waals surface area contributed by atoms with Gasteiger partial charge in [-0.1, -0.05) is 43.7 Å². The number of carbonyl (C=O) groups is 4. The topological polar surface area (TPSA) is 186 Å². The lowest BCUT2D eigenvalue weighted by Gasteiger charge is -2.30. The van der Waals surface area contributed by atoms with E-state index < -0.39 is 60.1 Å². The number of alkyl halides is 1. The van der Waals surface area contributed by atoms with Gasteiger partial charge in [-0.25, -0.2) is 19.0 Å². The number of rotatable bonds is 4. The Labute approximate surface area is 277 Å². The molecule has 260 valence electrons. The second-order valence-electron chi connectivity index (χ2n) is 12.0. The van der Waals surface area contributed by atoms with Crippen molar-refractivity contribution in [2.24, 2.45) is 11.8 Å². The van der Waals surface area contributed by atoms with Gasteiger partial charge in [-0.05, 0) is 25.8 Å². The summed E-state index contributed by atoms with van der Waals surface area (Å²) in [6.45, 7) is 7.14. The molecule has 3 amide bonds. The minimum absolute atomic E-state index is 0.0108. The Morgan fingerprint density at radius 2 is 2.00 bits per heavy atom. The van der Waals surface area contributed by atoms with Crippen molar-refractivity contribution in [2.75, 3.05) is 25.0 Å². The molecule has 0 radical (unpaired) electrons. The third-order valence-corrected chi connectivity index (χ3v) is 7.89. The molecule has 2 aliphatic rings. The first kappa shape index (κ1) is 36.1. The molecule has 48 heavy (non-hydrogen) atoms. The fraction of sp³-hybridized carbons (Fsp3) is 0.515. The molecule has 15 heteroatoms. The summed E-state index contributed by atoms with van der Waals surface area (Å²) in [5.41, 5.74) is 0.590. The average Bonchev–Trinajstić information content (AvgIpc) is 3.80. The number of allylic oxidation sites excluding steroid dienone is 2. The molecular weight excluding hydrogens is 629 g/mol. The van der Waals surface area contributed by atoms with Crippen molar-refractivity contribution in [3.05, 3.63) is 66.0 Å². The summed E-state index contributed by atoms with van der Waals surface area (Å²) in [5.74, 6) is -2.16. The van der Waals surface area contributed by atoms with E-state index in [1.54, 1.807) is 45.9 Å². The number of esters is 1. The molecule has 0 saturated carbocycles. The number of hydrogen-bond donors (Lipinski definition) is 3. The number of nitrogens with one attached hydrogen (secondary N) is 2. The third kappa shape index (κ3) is 10.4. The van der Waals surface area contributed by atoms with Gasteiger partial charge in [0.15, 0.2) is 23.3 Å². The van der Waals surface area contributed by atoms with Crippen molar-refractivity contribution in [3.8, 4) is 0 Å². The molecule has 2 aromatic rings. The van der Waals surface area contributed by atoms with Crippen LogP contribution in [0, 0.1) is 18.8 Å². The zero-order valence-corrected chi connectivity index (χ0v) is 27.4. The van der Waals surface area contributed by atoms with Crippen LogP contribution in [-0.4, -0.2) is 88.0 Å². The number of oxazole rings is 2. The van der Waals surface area contributed by atoms with Gasteiger partial charge in [0.25, 0.3) is 5.91 Å². The lowest BCUT2D eigenvalue weighted by atomic mass is 9.93. The number of anilines is 1. The standard InChI is InChI=1S/C33H42FN5O9/c1-19-7-5-11-35-28(41)10-9-20(2)30(21(3)16-47-33(44)38-27-18-45-22(4)36-27)48-32(43)26-8-6-12-39(26)31(42)25-17-46-29(37-25)15-23(34)14-24(40)13-19/h5,7,9-10,13,17-18,20-21,23-24,26,30,40H,6,8,11-12,14-16H2,1-4H3,(H,35,41)(H,38,44)/b7-5?,10-9+,19-13?/t20-,21-,23-,24-,26-,30+/m1/s1. The monoisotopic (exact) mass is 671 g/mol. The molecule has 2 aromatic heterocycles. The van der Waals surface area contributed by atoms with Gasteiger partial charge in [-0.3, -0.25) is 14.9 Å². The van der Waals surface area contributed by atoms with E-state index in [1.165, 1.54) is 23.3 Å². The van der Waals surface area contributed by atoms with Crippen LogP contribution in [0.25, 0.3) is 0 Å². The van der Waals surface area contributed by atoms with Gasteiger partial charge in [0.1, 0.15) is 30.8 Å². The van der Waals surface area contributed by atoms with E-state index in [2.05, 4.69) is 20.6 Å². The van der Waals surface area contributed by atoms with E-state index in [-0.39, 0.29) is 49.9 Å². The largest absolute Gasteiger partial charge is 0.460 e. The molecule has 6 atom stereocenters. The summed E-state index contributed by atoms with van der Waals surface area (Å²) in [6, 6.07) is -0.932. The highest BCUT2D eigenvalue weighted by molar-refractivity contribution is 5.95. The number of amides is 3. The maximum atomic E-state index is 14.8. The minimum Gasteiger partial charge on any atom is -0.460 e. The summed E-state index contributed by atoms with van der Waals surface area (Å²) >= 11 is 0. The highest BCUT2D eigenvalue weighted by Gasteiger charge is 2.39. The molecule has 2 bridgehead atoms. The molecule has 0 unspecified atom stereocenters. The second kappa shape index (κ2) is 16.9. The third-order valence-electron chi connectivity index (χ3n) is 7.89. The van der Waals surface area contributed by atoms with Gasteiger partial charge in [0, 0.05) is 38.3 Å². The molecule has 0 spiro atoms. The summed E-state index contributed by atoms with van der Waals surface area (Å²) in [4.78, 5) is 61.5. The number of cyclic esters (lactones) is 1. The first-order chi connectivity index (χ1) is 22.9. The number of hydrogen-bond acceptors (Lipinski definition) is 11. The molecule has 3 N–H and O–H groups in total. The number of aromatic nitrogens is 2. The Balaban J connectivity index is 1.54. The number of ether oxygens (including phenoxy) is 2. The van der Waals surface area contributed by atoms with Crippen LogP contribution in [0.5, 0.6) is 0 Å². The molecular formula is C33H42FN5O9. The second-order valence-corrected chi connectivity index (χ2v) is 12.0. The molecule has 1 fully saturated rings. The zero-order valence-electron chi connectivity index (χ0n) is 27.4. The lowest BCUT2D eigenvalue weighted by Crippen LogP contribution is -2.44. The van der Waals surface area contributed by atoms with E-state index in [0.717, 1.165) is 6.26 Å². The Hall–Kier alpha value is -4.79. The van der Waals surface area contributed by atoms with Gasteiger partial charge < -0.3 is 33.6 Å². The van der Waals surface area contributed by atoms with E-state index in [0.29, 0.717) is 24.3 Å². The number of aryl methyl sites for hydroxylation is 1. The molecule has 0 aromatic carbocycles. The summed E-state index contributed by atoms with van der Waals surface area (Å²) in [6.07, 6.45) is 6.35. The number of halogens is 1. The van der Waals surface area contributed by atoms with Gasteiger partial charge in [0.2, 0.25) is 5.91 Å². The van der Waals surface area contributed by atoms with Gasteiger partial charge in [0.05, 0.1) is 19.1 Å². The SMILES string of the molecule is CC1=C[C@@H](O)C[C@@H](F)Cc2nc(co2)C(=O)N2CCC[C@@H]2C(=O)O[C@H]([C@H](C)COC(=O)Nc2coc(C)n2)[C@H](C)/C=C/C(=O)NCC=C1. The lowest BCUT2D eigenvalue weighted by molar-refractivity contribution is -0.159. The first-order valence-electron chi connectivity index (χ1n) is 15.8. The molecule has 14 nitrogen and oxygen atoms in total. The van der Waals surface area contributed by atoms with Crippen LogP contribution in [0.15, 0.2) is 57.3 Å². The Bertz CT molecular complexity index is 1530. The van der Waals surface area contributed by atoms with Crippen molar-refractivity contribution in [1.29, 1.82) is 0 Å². The normalized spacial score (nSPS) is 26.1. The van der Waals surface area contributed by atoms with E-state index in [4.69, 9.17) is 18.3 Å². The van der Waals surface area contributed by atoms with Gasteiger partial charge >= 0.3 is 12.1 Å². The van der Waals surface area contributed by atoms with Crippen LogP contribution < -0.4 is 10.6 Å². The smallest absolute Gasteiger partial charge is 0.412 e. The molecule has 0 aliphatic carbocycles.